The van der Waals surface area contributed by atoms with E-state index in [-0.39, 0.29) is 11.0 Å². The van der Waals surface area contributed by atoms with Crippen molar-refractivity contribution in [2.75, 3.05) is 21.3 Å². The normalized spacial score (nSPS) is 10.5. The number of halogens is 1. The van der Waals surface area contributed by atoms with Crippen molar-refractivity contribution in [3.8, 4) is 40.1 Å². The Labute approximate surface area is 143 Å². The molecule has 1 aromatic carbocycles. The minimum absolute atomic E-state index is 0.264. The number of ether oxygens (including phenoxy) is 3. The number of methoxy groups -OCH3 is 3. The van der Waals surface area contributed by atoms with Crippen LogP contribution in [0.25, 0.3) is 22.8 Å². The fraction of sp³-hybridized carbons (Fsp3) is 0.188. The van der Waals surface area contributed by atoms with Crippen LogP contribution >= 0.6 is 11.6 Å². The molecule has 124 valence electrons. The van der Waals surface area contributed by atoms with Gasteiger partial charge in [0.25, 0.3) is 5.89 Å². The van der Waals surface area contributed by atoms with Crippen LogP contribution in [0.5, 0.6) is 17.2 Å². The second-order valence-corrected chi connectivity index (χ2v) is 5.03. The van der Waals surface area contributed by atoms with Gasteiger partial charge in [0.05, 0.1) is 32.5 Å². The van der Waals surface area contributed by atoms with Crippen molar-refractivity contribution in [2.45, 2.75) is 0 Å². The van der Waals surface area contributed by atoms with Crippen LogP contribution in [-0.4, -0.2) is 36.5 Å². The summed E-state index contributed by atoms with van der Waals surface area (Å²) >= 11 is 6.06. The highest BCUT2D eigenvalue weighted by Crippen LogP contribution is 2.39. The van der Waals surface area contributed by atoms with Gasteiger partial charge in [-0.2, -0.15) is 4.98 Å². The fourth-order valence-electron chi connectivity index (χ4n) is 2.19. The Hall–Kier alpha value is -2.80. The zero-order valence-corrected chi connectivity index (χ0v) is 14.0. The predicted molar refractivity (Wildman–Crippen MR) is 87.6 cm³/mol. The van der Waals surface area contributed by atoms with Crippen LogP contribution < -0.4 is 14.2 Å². The van der Waals surface area contributed by atoms with Crippen molar-refractivity contribution in [1.29, 1.82) is 0 Å². The van der Waals surface area contributed by atoms with E-state index < -0.39 is 0 Å². The SMILES string of the molecule is COc1cc(OC)c(-c2noc(-c3cccnc3Cl)n2)cc1OC. The number of pyridine rings is 1. The van der Waals surface area contributed by atoms with Gasteiger partial charge >= 0.3 is 0 Å². The average molecular weight is 348 g/mol. The molecule has 0 unspecified atom stereocenters. The van der Waals surface area contributed by atoms with Crippen molar-refractivity contribution >= 4 is 11.6 Å². The molecule has 0 atom stereocenters. The van der Waals surface area contributed by atoms with E-state index >= 15 is 0 Å². The largest absolute Gasteiger partial charge is 0.496 e. The Bertz CT molecular complexity index is 866. The summed E-state index contributed by atoms with van der Waals surface area (Å²) in [7, 11) is 4.64. The summed E-state index contributed by atoms with van der Waals surface area (Å²) in [5.74, 6) is 2.19. The summed E-state index contributed by atoms with van der Waals surface area (Å²) in [6.45, 7) is 0. The van der Waals surface area contributed by atoms with Crippen LogP contribution in [0.15, 0.2) is 35.0 Å². The Morgan fingerprint density at radius 3 is 2.33 bits per heavy atom. The van der Waals surface area contributed by atoms with Crippen molar-refractivity contribution < 1.29 is 18.7 Å². The molecule has 3 aromatic rings. The van der Waals surface area contributed by atoms with Gasteiger partial charge in [0, 0.05) is 12.3 Å². The lowest BCUT2D eigenvalue weighted by molar-refractivity contribution is 0.349. The van der Waals surface area contributed by atoms with E-state index in [0.717, 1.165) is 0 Å². The molecular formula is C16H14ClN3O4. The molecule has 0 spiro atoms. The van der Waals surface area contributed by atoms with Crippen molar-refractivity contribution in [2.24, 2.45) is 0 Å². The summed E-state index contributed by atoms with van der Waals surface area (Å²) in [6, 6.07) is 6.90. The van der Waals surface area contributed by atoms with Gasteiger partial charge in [-0.1, -0.05) is 16.8 Å². The molecule has 0 bridgehead atoms. The smallest absolute Gasteiger partial charge is 0.261 e. The Kier molecular flexibility index (Phi) is 4.52. The molecule has 0 radical (unpaired) electrons. The highest BCUT2D eigenvalue weighted by atomic mass is 35.5. The molecule has 0 saturated carbocycles. The van der Waals surface area contributed by atoms with Gasteiger partial charge in [0.15, 0.2) is 11.5 Å². The van der Waals surface area contributed by atoms with Gasteiger partial charge in [-0.15, -0.1) is 0 Å². The van der Waals surface area contributed by atoms with E-state index in [9.17, 15) is 0 Å². The quantitative estimate of drug-likeness (QED) is 0.653. The molecule has 24 heavy (non-hydrogen) atoms. The van der Waals surface area contributed by atoms with Crippen LogP contribution in [0.4, 0.5) is 0 Å². The molecule has 0 aliphatic carbocycles. The molecule has 0 aliphatic heterocycles. The highest BCUT2D eigenvalue weighted by molar-refractivity contribution is 6.31. The van der Waals surface area contributed by atoms with Crippen LogP contribution in [0.3, 0.4) is 0 Å². The summed E-state index contributed by atoms with van der Waals surface area (Å²) < 4.78 is 21.3. The first-order valence-corrected chi connectivity index (χ1v) is 7.30. The van der Waals surface area contributed by atoms with Gasteiger partial charge in [-0.3, -0.25) is 0 Å². The molecule has 2 aromatic heterocycles. The summed E-state index contributed by atoms with van der Waals surface area (Å²) in [6.07, 6.45) is 1.58. The zero-order chi connectivity index (χ0) is 17.1. The molecule has 3 rings (SSSR count). The molecule has 0 aliphatic rings. The lowest BCUT2D eigenvalue weighted by Gasteiger charge is -2.12. The topological polar surface area (TPSA) is 79.5 Å². The molecule has 0 N–H and O–H groups in total. The maximum Gasteiger partial charge on any atom is 0.261 e. The van der Waals surface area contributed by atoms with E-state index in [1.54, 1.807) is 51.8 Å². The molecule has 8 heteroatoms. The first-order chi connectivity index (χ1) is 11.7. The lowest BCUT2D eigenvalue weighted by Crippen LogP contribution is -1.95. The number of nitrogens with zero attached hydrogens (tertiary/aromatic N) is 3. The van der Waals surface area contributed by atoms with E-state index in [1.165, 1.54) is 0 Å². The molecule has 0 saturated heterocycles. The zero-order valence-electron chi connectivity index (χ0n) is 13.2. The number of benzene rings is 1. The van der Waals surface area contributed by atoms with Crippen LogP contribution in [-0.2, 0) is 0 Å². The molecule has 0 fully saturated rings. The Morgan fingerprint density at radius 1 is 0.958 bits per heavy atom. The average Bonchev–Trinajstić information content (AvgIpc) is 3.10. The van der Waals surface area contributed by atoms with E-state index in [2.05, 4.69) is 15.1 Å². The third-order valence-corrected chi connectivity index (χ3v) is 3.66. The summed E-state index contributed by atoms with van der Waals surface area (Å²) in [5.41, 5.74) is 1.16. The van der Waals surface area contributed by atoms with Crippen LogP contribution in [0.1, 0.15) is 0 Å². The number of rotatable bonds is 5. The number of aromatic nitrogens is 3. The first-order valence-electron chi connectivity index (χ1n) is 6.93. The van der Waals surface area contributed by atoms with E-state index in [0.29, 0.717) is 34.2 Å². The molecular weight excluding hydrogens is 334 g/mol. The van der Waals surface area contributed by atoms with Crippen molar-refractivity contribution in [1.82, 2.24) is 15.1 Å². The molecule has 2 heterocycles. The maximum absolute atomic E-state index is 6.06. The third kappa shape index (κ3) is 2.85. The number of hydrogen-bond donors (Lipinski definition) is 0. The predicted octanol–water partition coefficient (Wildman–Crippen LogP) is 3.48. The van der Waals surface area contributed by atoms with Crippen molar-refractivity contribution in [3.63, 3.8) is 0 Å². The standard InChI is InChI=1S/C16H14ClN3O4/c1-21-11-8-13(23-3)12(22-2)7-10(11)15-19-16(24-20-15)9-5-4-6-18-14(9)17/h4-8H,1-3H3. The van der Waals surface area contributed by atoms with Gasteiger partial charge in [-0.25, -0.2) is 4.98 Å². The van der Waals surface area contributed by atoms with Gasteiger partial charge < -0.3 is 18.7 Å². The van der Waals surface area contributed by atoms with Gasteiger partial charge in [0.2, 0.25) is 5.82 Å². The Morgan fingerprint density at radius 2 is 1.67 bits per heavy atom. The minimum atomic E-state index is 0.264. The summed E-state index contributed by atoms with van der Waals surface area (Å²) in [5, 5.41) is 4.28. The van der Waals surface area contributed by atoms with E-state index in [4.69, 9.17) is 30.3 Å². The third-order valence-electron chi connectivity index (χ3n) is 3.36. The number of hydrogen-bond acceptors (Lipinski definition) is 7. The van der Waals surface area contributed by atoms with Gasteiger partial charge in [-0.05, 0) is 18.2 Å². The fourth-order valence-corrected chi connectivity index (χ4v) is 2.39. The molecule has 7 nitrogen and oxygen atoms in total. The highest BCUT2D eigenvalue weighted by Gasteiger charge is 2.19. The second kappa shape index (κ2) is 6.76. The first kappa shape index (κ1) is 16.1. The van der Waals surface area contributed by atoms with Gasteiger partial charge in [0.1, 0.15) is 10.9 Å². The monoisotopic (exact) mass is 347 g/mol. The van der Waals surface area contributed by atoms with Crippen LogP contribution in [0, 0.1) is 0 Å². The summed E-state index contributed by atoms with van der Waals surface area (Å²) in [4.78, 5) is 8.37. The molecule has 0 amide bonds. The minimum Gasteiger partial charge on any atom is -0.496 e. The second-order valence-electron chi connectivity index (χ2n) is 4.67. The van der Waals surface area contributed by atoms with Crippen molar-refractivity contribution in [3.05, 3.63) is 35.6 Å². The van der Waals surface area contributed by atoms with Crippen LogP contribution in [0.2, 0.25) is 5.15 Å². The van der Waals surface area contributed by atoms with E-state index in [1.807, 2.05) is 0 Å². The maximum atomic E-state index is 6.06. The Balaban J connectivity index is 2.08. The lowest BCUT2D eigenvalue weighted by atomic mass is 10.1.